The number of aromatic hydroxyl groups is 1. The molecule has 0 unspecified atom stereocenters. The highest BCUT2D eigenvalue weighted by molar-refractivity contribution is 5.92. The molecule has 0 saturated carbocycles. The predicted molar refractivity (Wildman–Crippen MR) is 90.9 cm³/mol. The van der Waals surface area contributed by atoms with Crippen molar-refractivity contribution in [3.63, 3.8) is 0 Å². The number of nitrogens with two attached hydrogens (primary N) is 1. The third kappa shape index (κ3) is 3.37. The van der Waals surface area contributed by atoms with Gasteiger partial charge >= 0.3 is 0 Å². The van der Waals surface area contributed by atoms with E-state index in [1.807, 2.05) is 0 Å². The predicted octanol–water partition coefficient (Wildman–Crippen LogP) is 0.230. The monoisotopic (exact) mass is 344 g/mol. The van der Waals surface area contributed by atoms with Crippen LogP contribution in [0.1, 0.15) is 29.5 Å². The van der Waals surface area contributed by atoms with Crippen LogP contribution in [0.2, 0.25) is 0 Å². The van der Waals surface area contributed by atoms with Gasteiger partial charge in [-0.25, -0.2) is 4.98 Å². The van der Waals surface area contributed by atoms with Gasteiger partial charge in [0.1, 0.15) is 5.69 Å². The fourth-order valence-corrected chi connectivity index (χ4v) is 2.61. The Hall–Kier alpha value is -3.17. The summed E-state index contributed by atoms with van der Waals surface area (Å²) in [5, 5.41) is 16.9. The molecule has 132 valence electrons. The van der Waals surface area contributed by atoms with E-state index in [2.05, 4.69) is 32.3 Å². The maximum absolute atomic E-state index is 12.3. The van der Waals surface area contributed by atoms with Gasteiger partial charge in [0.05, 0.1) is 12.0 Å². The normalized spacial score (nSPS) is 11.1. The van der Waals surface area contributed by atoms with E-state index in [4.69, 9.17) is 5.73 Å². The number of aryl methyl sites for hydroxylation is 2. The minimum atomic E-state index is -0.261. The van der Waals surface area contributed by atoms with Gasteiger partial charge in [-0.3, -0.25) is 9.48 Å². The smallest absolute Gasteiger partial charge is 0.269 e. The van der Waals surface area contributed by atoms with Crippen LogP contribution in [0.3, 0.4) is 0 Å². The van der Waals surface area contributed by atoms with Crippen LogP contribution < -0.4 is 11.1 Å². The van der Waals surface area contributed by atoms with Gasteiger partial charge in [0.2, 0.25) is 11.8 Å². The SMILES string of the molecule is CCCc1cc(C(=O)NCCn2cnc3c(O)nc(N)nc32)n(C)n1. The minimum Gasteiger partial charge on any atom is -0.492 e. The maximum Gasteiger partial charge on any atom is 0.269 e. The van der Waals surface area contributed by atoms with Crippen molar-refractivity contribution < 1.29 is 9.90 Å². The van der Waals surface area contributed by atoms with Crippen molar-refractivity contribution in [2.45, 2.75) is 26.3 Å². The topological polar surface area (TPSA) is 137 Å². The highest BCUT2D eigenvalue weighted by Gasteiger charge is 2.14. The van der Waals surface area contributed by atoms with Crippen molar-refractivity contribution in [3.8, 4) is 5.88 Å². The molecule has 3 aromatic rings. The molecule has 3 aromatic heterocycles. The Morgan fingerprint density at radius 1 is 1.40 bits per heavy atom. The van der Waals surface area contributed by atoms with Crippen LogP contribution >= 0.6 is 0 Å². The summed E-state index contributed by atoms with van der Waals surface area (Å²) in [6, 6.07) is 1.80. The van der Waals surface area contributed by atoms with Crippen molar-refractivity contribution in [2.75, 3.05) is 12.3 Å². The Morgan fingerprint density at radius 2 is 2.20 bits per heavy atom. The first-order valence-corrected chi connectivity index (χ1v) is 7.98. The number of hydrogen-bond acceptors (Lipinski definition) is 7. The molecule has 0 aliphatic rings. The molecule has 10 nitrogen and oxygen atoms in total. The van der Waals surface area contributed by atoms with E-state index in [1.165, 1.54) is 6.33 Å². The number of imidazole rings is 1. The molecule has 0 aliphatic carbocycles. The molecule has 1 amide bonds. The van der Waals surface area contributed by atoms with Crippen molar-refractivity contribution in [3.05, 3.63) is 23.8 Å². The number of fused-ring (bicyclic) bond motifs is 1. The number of amides is 1. The molecular weight excluding hydrogens is 324 g/mol. The number of aromatic nitrogens is 6. The molecule has 10 heteroatoms. The number of rotatable bonds is 6. The molecule has 0 bridgehead atoms. The molecule has 3 rings (SSSR count). The van der Waals surface area contributed by atoms with Crippen molar-refractivity contribution >= 4 is 23.0 Å². The fraction of sp³-hybridized carbons (Fsp3) is 0.400. The summed E-state index contributed by atoms with van der Waals surface area (Å²) in [6.07, 6.45) is 3.34. The summed E-state index contributed by atoms with van der Waals surface area (Å²) in [5.74, 6) is -0.489. The fourth-order valence-electron chi connectivity index (χ4n) is 2.61. The van der Waals surface area contributed by atoms with Crippen LogP contribution in [0.5, 0.6) is 5.88 Å². The third-order valence-corrected chi connectivity index (χ3v) is 3.77. The number of nitrogens with one attached hydrogen (secondary N) is 1. The van der Waals surface area contributed by atoms with Gasteiger partial charge in [0.25, 0.3) is 5.91 Å². The number of carbonyl (C=O) groups is 1. The molecule has 0 spiro atoms. The average Bonchev–Trinajstić information content (AvgIpc) is 3.12. The summed E-state index contributed by atoms with van der Waals surface area (Å²) in [4.78, 5) is 24.1. The zero-order chi connectivity index (χ0) is 18.0. The Kier molecular flexibility index (Phi) is 4.50. The minimum absolute atomic E-state index is 0.0332. The van der Waals surface area contributed by atoms with E-state index in [1.54, 1.807) is 22.4 Å². The van der Waals surface area contributed by atoms with E-state index in [0.717, 1.165) is 18.5 Å². The average molecular weight is 344 g/mol. The lowest BCUT2D eigenvalue weighted by Crippen LogP contribution is -2.28. The number of nitrogen functional groups attached to an aromatic ring is 1. The molecule has 4 N–H and O–H groups in total. The van der Waals surface area contributed by atoms with E-state index in [-0.39, 0.29) is 23.3 Å². The van der Waals surface area contributed by atoms with Crippen LogP contribution in [0.15, 0.2) is 12.4 Å². The van der Waals surface area contributed by atoms with Crippen LogP contribution in [-0.4, -0.2) is 46.9 Å². The number of anilines is 1. The molecule has 0 aliphatic heterocycles. The first-order valence-electron chi connectivity index (χ1n) is 7.98. The second kappa shape index (κ2) is 6.75. The maximum atomic E-state index is 12.3. The Labute approximate surface area is 143 Å². The van der Waals surface area contributed by atoms with Crippen LogP contribution in [-0.2, 0) is 20.0 Å². The highest BCUT2D eigenvalue weighted by atomic mass is 16.3. The van der Waals surface area contributed by atoms with E-state index >= 15 is 0 Å². The summed E-state index contributed by atoms with van der Waals surface area (Å²) in [5.41, 5.74) is 7.66. The third-order valence-electron chi connectivity index (χ3n) is 3.77. The lowest BCUT2D eigenvalue weighted by Gasteiger charge is -2.07. The van der Waals surface area contributed by atoms with Gasteiger partial charge in [-0.05, 0) is 12.5 Å². The molecule has 0 radical (unpaired) electrons. The lowest BCUT2D eigenvalue weighted by molar-refractivity contribution is 0.0943. The van der Waals surface area contributed by atoms with Crippen molar-refractivity contribution in [1.82, 2.24) is 34.6 Å². The van der Waals surface area contributed by atoms with Crippen molar-refractivity contribution in [2.24, 2.45) is 7.05 Å². The molecule has 0 atom stereocenters. The number of carbonyl (C=O) groups excluding carboxylic acids is 1. The largest absolute Gasteiger partial charge is 0.492 e. The van der Waals surface area contributed by atoms with Gasteiger partial charge in [0.15, 0.2) is 11.2 Å². The van der Waals surface area contributed by atoms with Crippen molar-refractivity contribution in [1.29, 1.82) is 0 Å². The number of nitrogens with zero attached hydrogens (tertiary/aromatic N) is 6. The Bertz CT molecular complexity index is 914. The molecular formula is C15H20N8O2. The number of hydrogen-bond donors (Lipinski definition) is 3. The molecule has 0 fully saturated rings. The van der Waals surface area contributed by atoms with Gasteiger partial charge < -0.3 is 20.7 Å². The molecule has 0 saturated heterocycles. The van der Waals surface area contributed by atoms with Gasteiger partial charge in [-0.2, -0.15) is 15.1 Å². The standard InChI is InChI=1S/C15H20N8O2/c1-3-4-9-7-10(22(2)21-9)13(24)17-5-6-23-8-18-11-12(23)19-15(16)20-14(11)25/h7-8H,3-6H2,1-2H3,(H,17,24)(H3,16,19,20,25). The lowest BCUT2D eigenvalue weighted by atomic mass is 10.2. The van der Waals surface area contributed by atoms with Crippen LogP contribution in [0.4, 0.5) is 5.95 Å². The van der Waals surface area contributed by atoms with E-state index in [9.17, 15) is 9.90 Å². The second-order valence-corrected chi connectivity index (χ2v) is 5.67. The molecule has 25 heavy (non-hydrogen) atoms. The summed E-state index contributed by atoms with van der Waals surface area (Å²) >= 11 is 0. The van der Waals surface area contributed by atoms with Crippen LogP contribution in [0, 0.1) is 0 Å². The zero-order valence-electron chi connectivity index (χ0n) is 14.1. The quantitative estimate of drug-likeness (QED) is 0.582. The Morgan fingerprint density at radius 3 is 2.96 bits per heavy atom. The van der Waals surface area contributed by atoms with E-state index < -0.39 is 0 Å². The van der Waals surface area contributed by atoms with Gasteiger partial charge in [-0.15, -0.1) is 0 Å². The van der Waals surface area contributed by atoms with E-state index in [0.29, 0.717) is 24.4 Å². The molecule has 3 heterocycles. The van der Waals surface area contributed by atoms with Gasteiger partial charge in [0, 0.05) is 20.1 Å². The van der Waals surface area contributed by atoms with Crippen LogP contribution in [0.25, 0.3) is 11.2 Å². The first kappa shape index (κ1) is 16.7. The van der Waals surface area contributed by atoms with Gasteiger partial charge in [-0.1, -0.05) is 13.3 Å². The summed E-state index contributed by atoms with van der Waals surface area (Å²) < 4.78 is 3.28. The Balaban J connectivity index is 1.66. The zero-order valence-corrected chi connectivity index (χ0v) is 14.1. The molecule has 0 aromatic carbocycles. The second-order valence-electron chi connectivity index (χ2n) is 5.67. The summed E-state index contributed by atoms with van der Waals surface area (Å²) in [6.45, 7) is 2.86. The summed E-state index contributed by atoms with van der Waals surface area (Å²) in [7, 11) is 1.75. The highest BCUT2D eigenvalue weighted by Crippen LogP contribution is 2.19. The first-order chi connectivity index (χ1) is 12.0.